The second-order valence-corrected chi connectivity index (χ2v) is 4.58. The van der Waals surface area contributed by atoms with E-state index in [1.54, 1.807) is 18.2 Å². The molecule has 1 N–H and O–H groups in total. The van der Waals surface area contributed by atoms with Crippen LogP contribution in [0.4, 0.5) is 10.5 Å². The normalized spacial score (nSPS) is 13.4. The lowest BCUT2D eigenvalue weighted by atomic mass is 10.2. The molecular formula is C9H6INO4S. The van der Waals surface area contributed by atoms with E-state index in [4.69, 9.17) is 8.92 Å². The molecule has 2 rings (SSSR count). The predicted octanol–water partition coefficient (Wildman–Crippen LogP) is 2.60. The molecule has 0 fully saturated rings. The Kier molecular flexibility index (Phi) is 3.54. The maximum absolute atomic E-state index is 11.1. The van der Waals surface area contributed by atoms with E-state index in [-0.39, 0.29) is 12.5 Å². The molecule has 1 aliphatic heterocycles. The van der Waals surface area contributed by atoms with Crippen LogP contribution in [0.3, 0.4) is 0 Å². The highest BCUT2D eigenvalue weighted by atomic mass is 127. The van der Waals surface area contributed by atoms with Gasteiger partial charge in [0, 0.05) is 0 Å². The van der Waals surface area contributed by atoms with Gasteiger partial charge in [0.15, 0.2) is 6.61 Å². The molecule has 1 aromatic rings. The molecule has 0 aromatic heterocycles. The predicted molar refractivity (Wildman–Crippen MR) is 66.9 cm³/mol. The smallest absolute Gasteiger partial charge is 0.379 e. The van der Waals surface area contributed by atoms with Crippen molar-refractivity contribution in [2.24, 2.45) is 0 Å². The summed E-state index contributed by atoms with van der Waals surface area (Å²) < 4.78 is 9.54. The molecule has 1 heterocycles. The van der Waals surface area contributed by atoms with Crippen LogP contribution >= 0.6 is 34.6 Å². The fraction of sp³-hybridized carbons (Fsp3) is 0.111. The van der Waals surface area contributed by atoms with Crippen molar-refractivity contribution in [2.45, 2.75) is 4.90 Å². The summed E-state index contributed by atoms with van der Waals surface area (Å²) in [5.74, 6) is 0.422. The summed E-state index contributed by atoms with van der Waals surface area (Å²) in [5, 5.41) is 2.67. The molecule has 0 spiro atoms. The number of amides is 1. The largest absolute Gasteiger partial charge is 0.482 e. The Labute approximate surface area is 109 Å². The molecule has 1 aromatic carbocycles. The highest BCUT2D eigenvalue weighted by molar-refractivity contribution is 14.1. The van der Waals surface area contributed by atoms with Gasteiger partial charge in [0.25, 0.3) is 5.91 Å². The summed E-state index contributed by atoms with van der Waals surface area (Å²) in [6.45, 7) is 0.0300. The summed E-state index contributed by atoms with van der Waals surface area (Å²) in [7, 11) is 0. The summed E-state index contributed by atoms with van der Waals surface area (Å²) in [4.78, 5) is 22.4. The first-order valence-electron chi connectivity index (χ1n) is 4.26. The van der Waals surface area contributed by atoms with E-state index in [2.05, 4.69) is 5.32 Å². The maximum Gasteiger partial charge on any atom is 0.379 e. The molecule has 0 bridgehead atoms. The number of benzene rings is 1. The molecular weight excluding hydrogens is 345 g/mol. The SMILES string of the molecule is O=C1COc2ccc(SOC(=O)I)cc2N1. The van der Waals surface area contributed by atoms with E-state index in [1.807, 2.05) is 0 Å². The molecule has 1 amide bonds. The second kappa shape index (κ2) is 4.91. The minimum Gasteiger partial charge on any atom is -0.482 e. The van der Waals surface area contributed by atoms with Gasteiger partial charge < -0.3 is 14.2 Å². The molecule has 0 atom stereocenters. The van der Waals surface area contributed by atoms with Crippen molar-refractivity contribution in [2.75, 3.05) is 11.9 Å². The molecule has 84 valence electrons. The third kappa shape index (κ3) is 2.79. The third-order valence-electron chi connectivity index (χ3n) is 1.79. The number of carbonyl (C=O) groups is 2. The Hall–Kier alpha value is -0.960. The van der Waals surface area contributed by atoms with Crippen molar-refractivity contribution in [1.29, 1.82) is 0 Å². The van der Waals surface area contributed by atoms with Crippen LogP contribution in [0.15, 0.2) is 23.1 Å². The topological polar surface area (TPSA) is 64.6 Å². The number of carbonyl (C=O) groups excluding carboxylic acids is 2. The van der Waals surface area contributed by atoms with Crippen molar-refractivity contribution < 1.29 is 18.5 Å². The van der Waals surface area contributed by atoms with Gasteiger partial charge in [0.05, 0.1) is 45.2 Å². The van der Waals surface area contributed by atoms with Crippen molar-refractivity contribution in [3.05, 3.63) is 18.2 Å². The molecule has 0 saturated heterocycles. The van der Waals surface area contributed by atoms with Gasteiger partial charge in [-0.15, -0.1) is 0 Å². The van der Waals surface area contributed by atoms with Crippen LogP contribution in [0, 0.1) is 0 Å². The number of ether oxygens (including phenoxy) is 1. The van der Waals surface area contributed by atoms with Crippen molar-refractivity contribution in [3.63, 3.8) is 0 Å². The monoisotopic (exact) mass is 351 g/mol. The number of rotatable bonds is 2. The molecule has 0 radical (unpaired) electrons. The third-order valence-corrected chi connectivity index (χ3v) is 2.99. The molecule has 7 heteroatoms. The lowest BCUT2D eigenvalue weighted by Gasteiger charge is -2.17. The highest BCUT2D eigenvalue weighted by Gasteiger charge is 2.16. The number of nitrogens with one attached hydrogen (secondary N) is 1. The van der Waals surface area contributed by atoms with Gasteiger partial charge >= 0.3 is 3.98 Å². The highest BCUT2D eigenvalue weighted by Crippen LogP contribution is 2.32. The van der Waals surface area contributed by atoms with Gasteiger partial charge in [-0.1, -0.05) is 0 Å². The van der Waals surface area contributed by atoms with E-state index < -0.39 is 3.98 Å². The number of anilines is 1. The van der Waals surface area contributed by atoms with Crippen LogP contribution in [-0.2, 0) is 8.98 Å². The number of hydrogen-bond donors (Lipinski definition) is 1. The molecule has 0 aliphatic carbocycles. The second-order valence-electron chi connectivity index (χ2n) is 2.90. The average Bonchev–Trinajstić information content (AvgIpc) is 2.25. The van der Waals surface area contributed by atoms with E-state index in [0.717, 1.165) is 16.9 Å². The van der Waals surface area contributed by atoms with Gasteiger partial charge in [-0.05, 0) is 18.2 Å². The zero-order chi connectivity index (χ0) is 11.5. The summed E-state index contributed by atoms with van der Waals surface area (Å²) >= 11 is 2.48. The first-order chi connectivity index (χ1) is 7.65. The van der Waals surface area contributed by atoms with Gasteiger partial charge in [-0.2, -0.15) is 0 Å². The zero-order valence-electron chi connectivity index (χ0n) is 7.86. The minimum absolute atomic E-state index is 0.0300. The molecule has 0 unspecified atom stereocenters. The van der Waals surface area contributed by atoms with Crippen LogP contribution < -0.4 is 10.1 Å². The number of hydrogen-bond acceptors (Lipinski definition) is 5. The van der Waals surface area contributed by atoms with Crippen molar-refractivity contribution in [1.82, 2.24) is 0 Å². The summed E-state index contributed by atoms with van der Waals surface area (Å²) in [6, 6.07) is 5.16. The average molecular weight is 351 g/mol. The fourth-order valence-corrected chi connectivity index (χ4v) is 1.92. The van der Waals surface area contributed by atoms with Gasteiger partial charge in [0.2, 0.25) is 0 Å². The Morgan fingerprint density at radius 1 is 1.56 bits per heavy atom. The first-order valence-corrected chi connectivity index (χ1v) is 6.08. The standard InChI is InChI=1S/C9H6INO4S/c10-9(13)15-16-5-1-2-7-6(3-5)11-8(12)4-14-7/h1-3H,4H2,(H,11,12). The number of fused-ring (bicyclic) bond motifs is 1. The van der Waals surface area contributed by atoms with E-state index >= 15 is 0 Å². The Morgan fingerprint density at radius 3 is 3.12 bits per heavy atom. The Bertz CT molecular complexity index is 451. The maximum atomic E-state index is 11.1. The van der Waals surface area contributed by atoms with Crippen LogP contribution in [0.25, 0.3) is 0 Å². The first kappa shape index (κ1) is 11.5. The summed E-state index contributed by atoms with van der Waals surface area (Å²) in [5.41, 5.74) is 0.589. The van der Waals surface area contributed by atoms with Gasteiger partial charge in [-0.3, -0.25) is 4.79 Å². The van der Waals surface area contributed by atoms with Crippen molar-refractivity contribution in [3.8, 4) is 5.75 Å². The van der Waals surface area contributed by atoms with E-state index in [9.17, 15) is 9.59 Å². The minimum atomic E-state index is -0.402. The van der Waals surface area contributed by atoms with E-state index in [0.29, 0.717) is 11.4 Å². The quantitative estimate of drug-likeness (QED) is 0.504. The van der Waals surface area contributed by atoms with Gasteiger partial charge in [0.1, 0.15) is 5.75 Å². The van der Waals surface area contributed by atoms with Crippen LogP contribution in [0.1, 0.15) is 0 Å². The Morgan fingerprint density at radius 2 is 2.38 bits per heavy atom. The fourth-order valence-electron chi connectivity index (χ4n) is 1.19. The van der Waals surface area contributed by atoms with E-state index in [1.165, 1.54) is 22.6 Å². The zero-order valence-corrected chi connectivity index (χ0v) is 10.8. The van der Waals surface area contributed by atoms with Crippen LogP contribution in [0.2, 0.25) is 0 Å². The van der Waals surface area contributed by atoms with Crippen molar-refractivity contribution >= 4 is 50.2 Å². The lowest BCUT2D eigenvalue weighted by Crippen LogP contribution is -2.25. The van der Waals surface area contributed by atoms with Gasteiger partial charge in [-0.25, -0.2) is 4.79 Å². The molecule has 5 nitrogen and oxygen atoms in total. The lowest BCUT2D eigenvalue weighted by molar-refractivity contribution is -0.118. The summed E-state index contributed by atoms with van der Waals surface area (Å²) in [6.07, 6.45) is 0. The Balaban J connectivity index is 2.14. The molecule has 1 aliphatic rings. The van der Waals surface area contributed by atoms with Crippen LogP contribution in [-0.4, -0.2) is 16.5 Å². The molecule has 0 saturated carbocycles. The number of halogens is 1. The van der Waals surface area contributed by atoms with Crippen LogP contribution in [0.5, 0.6) is 5.75 Å². The molecule has 16 heavy (non-hydrogen) atoms.